The minimum Gasteiger partial charge on any atom is -0.353 e. The van der Waals surface area contributed by atoms with Crippen molar-refractivity contribution in [3.8, 4) is 0 Å². The molecule has 0 saturated carbocycles. The number of aryl methyl sites for hydroxylation is 1. The second-order valence-corrected chi connectivity index (χ2v) is 5.95. The maximum atomic E-state index is 4.78. The third-order valence-electron chi connectivity index (χ3n) is 4.51. The van der Waals surface area contributed by atoms with Gasteiger partial charge in [0.15, 0.2) is 5.65 Å². The molecular weight excluding hydrogens is 284 g/mol. The summed E-state index contributed by atoms with van der Waals surface area (Å²) in [5.41, 5.74) is 6.49. The molecule has 4 nitrogen and oxygen atoms in total. The van der Waals surface area contributed by atoms with Gasteiger partial charge in [-0.2, -0.15) is 0 Å². The molecule has 0 aliphatic heterocycles. The van der Waals surface area contributed by atoms with Crippen molar-refractivity contribution in [2.24, 2.45) is 0 Å². The van der Waals surface area contributed by atoms with Crippen LogP contribution in [-0.4, -0.2) is 19.4 Å². The monoisotopic (exact) mass is 300 g/mol. The van der Waals surface area contributed by atoms with Gasteiger partial charge < -0.3 is 4.98 Å². The Kier molecular flexibility index (Phi) is 2.50. The SMILES string of the molecule is CCCc1c2[nH]c3ccccc3c2cc2nc3cccnc3n12. The molecule has 23 heavy (non-hydrogen) atoms. The molecule has 1 aromatic carbocycles. The van der Waals surface area contributed by atoms with Crippen LogP contribution in [0, 0.1) is 0 Å². The zero-order valence-electron chi connectivity index (χ0n) is 12.9. The number of pyridine rings is 2. The topological polar surface area (TPSA) is 46.0 Å². The molecule has 1 N–H and O–H groups in total. The Bertz CT molecular complexity index is 1170. The van der Waals surface area contributed by atoms with Crippen molar-refractivity contribution in [3.63, 3.8) is 0 Å². The molecule has 0 atom stereocenters. The molecule has 0 unspecified atom stereocenters. The number of fused-ring (bicyclic) bond motifs is 6. The molecule has 0 saturated heterocycles. The van der Waals surface area contributed by atoms with Gasteiger partial charge in [0.2, 0.25) is 0 Å². The van der Waals surface area contributed by atoms with Crippen LogP contribution in [0.5, 0.6) is 0 Å². The summed E-state index contributed by atoms with van der Waals surface area (Å²) in [6.07, 6.45) is 3.90. The molecule has 112 valence electrons. The van der Waals surface area contributed by atoms with Gasteiger partial charge in [0.1, 0.15) is 11.2 Å². The van der Waals surface area contributed by atoms with Gasteiger partial charge in [0.25, 0.3) is 0 Å². The van der Waals surface area contributed by atoms with E-state index in [1.54, 1.807) is 0 Å². The van der Waals surface area contributed by atoms with Gasteiger partial charge in [-0.3, -0.25) is 4.40 Å². The highest BCUT2D eigenvalue weighted by Crippen LogP contribution is 2.31. The number of hydrogen-bond donors (Lipinski definition) is 1. The van der Waals surface area contributed by atoms with Crippen molar-refractivity contribution in [2.75, 3.05) is 0 Å². The van der Waals surface area contributed by atoms with Gasteiger partial charge >= 0.3 is 0 Å². The molecule has 4 aromatic heterocycles. The smallest absolute Gasteiger partial charge is 0.164 e. The zero-order valence-corrected chi connectivity index (χ0v) is 12.9. The number of imidazole rings is 1. The normalized spacial score (nSPS) is 12.0. The molecule has 5 rings (SSSR count). The second kappa shape index (κ2) is 4.56. The average Bonchev–Trinajstić information content (AvgIpc) is 3.13. The summed E-state index contributed by atoms with van der Waals surface area (Å²) in [5.74, 6) is 0. The first-order valence-corrected chi connectivity index (χ1v) is 8.02. The number of nitrogens with one attached hydrogen (secondary N) is 1. The molecule has 0 amide bonds. The minimum atomic E-state index is 0.937. The number of aromatic amines is 1. The summed E-state index contributed by atoms with van der Waals surface area (Å²) in [7, 11) is 0. The molecule has 0 aliphatic carbocycles. The van der Waals surface area contributed by atoms with E-state index < -0.39 is 0 Å². The first kappa shape index (κ1) is 12.6. The van der Waals surface area contributed by atoms with Crippen LogP contribution in [0.1, 0.15) is 19.0 Å². The standard InChI is InChI=1S/C19H16N4/c1-2-6-16-18-13(12-7-3-4-8-14(12)22-18)11-17-21-15-9-5-10-20-19(15)23(16)17/h3-5,7-11,22H,2,6H2,1H3. The van der Waals surface area contributed by atoms with Crippen LogP contribution in [0.4, 0.5) is 0 Å². The van der Waals surface area contributed by atoms with Crippen LogP contribution in [-0.2, 0) is 6.42 Å². The minimum absolute atomic E-state index is 0.937. The lowest BCUT2D eigenvalue weighted by Crippen LogP contribution is -1.99. The molecule has 5 aromatic rings. The summed E-state index contributed by atoms with van der Waals surface area (Å²) >= 11 is 0. The lowest BCUT2D eigenvalue weighted by molar-refractivity contribution is 0.873. The number of rotatable bonds is 2. The Morgan fingerprint density at radius 1 is 1.09 bits per heavy atom. The maximum Gasteiger partial charge on any atom is 0.164 e. The largest absolute Gasteiger partial charge is 0.353 e. The van der Waals surface area contributed by atoms with Gasteiger partial charge in [-0.1, -0.05) is 31.5 Å². The van der Waals surface area contributed by atoms with Gasteiger partial charge in [-0.25, -0.2) is 9.97 Å². The van der Waals surface area contributed by atoms with Gasteiger partial charge in [0, 0.05) is 22.5 Å². The van der Waals surface area contributed by atoms with E-state index in [9.17, 15) is 0 Å². The number of hydrogen-bond acceptors (Lipinski definition) is 2. The Hall–Kier alpha value is -2.88. The third-order valence-corrected chi connectivity index (χ3v) is 4.51. The van der Waals surface area contributed by atoms with E-state index in [1.165, 1.54) is 27.5 Å². The summed E-state index contributed by atoms with van der Waals surface area (Å²) < 4.78 is 2.20. The molecular formula is C19H16N4. The van der Waals surface area contributed by atoms with Gasteiger partial charge in [0.05, 0.1) is 11.2 Å². The summed E-state index contributed by atoms with van der Waals surface area (Å²) in [6, 6.07) is 14.6. The molecule has 0 bridgehead atoms. The van der Waals surface area contributed by atoms with Crippen molar-refractivity contribution in [2.45, 2.75) is 19.8 Å². The molecule has 4 heterocycles. The fourth-order valence-corrected chi connectivity index (χ4v) is 3.55. The van der Waals surface area contributed by atoms with Crippen LogP contribution in [0.2, 0.25) is 0 Å². The predicted octanol–water partition coefficient (Wildman–Crippen LogP) is 4.47. The Balaban J connectivity index is 2.06. The van der Waals surface area contributed by atoms with E-state index in [0.717, 1.165) is 29.7 Å². The van der Waals surface area contributed by atoms with Crippen molar-refractivity contribution in [1.82, 2.24) is 19.4 Å². The van der Waals surface area contributed by atoms with Crippen molar-refractivity contribution < 1.29 is 0 Å². The average molecular weight is 300 g/mol. The number of para-hydroxylation sites is 1. The lowest BCUT2D eigenvalue weighted by atomic mass is 10.1. The highest BCUT2D eigenvalue weighted by molar-refractivity contribution is 6.09. The van der Waals surface area contributed by atoms with Crippen molar-refractivity contribution >= 4 is 38.6 Å². The van der Waals surface area contributed by atoms with Crippen LogP contribution >= 0.6 is 0 Å². The highest BCUT2D eigenvalue weighted by atomic mass is 15.1. The second-order valence-electron chi connectivity index (χ2n) is 5.95. The van der Waals surface area contributed by atoms with Crippen LogP contribution in [0.25, 0.3) is 38.6 Å². The summed E-state index contributed by atoms with van der Waals surface area (Å²) in [5, 5.41) is 2.49. The number of H-pyrrole nitrogens is 1. The van der Waals surface area contributed by atoms with Gasteiger partial charge in [-0.15, -0.1) is 0 Å². The highest BCUT2D eigenvalue weighted by Gasteiger charge is 2.15. The van der Waals surface area contributed by atoms with E-state index in [2.05, 4.69) is 51.6 Å². The quantitative estimate of drug-likeness (QED) is 0.523. The fraction of sp³-hybridized carbons (Fsp3) is 0.158. The first-order valence-electron chi connectivity index (χ1n) is 8.02. The zero-order chi connectivity index (χ0) is 15.4. The Morgan fingerprint density at radius 2 is 2.00 bits per heavy atom. The van der Waals surface area contributed by atoms with E-state index in [-0.39, 0.29) is 0 Å². The van der Waals surface area contributed by atoms with E-state index in [0.29, 0.717) is 0 Å². The number of nitrogens with zero attached hydrogens (tertiary/aromatic N) is 3. The van der Waals surface area contributed by atoms with Crippen molar-refractivity contribution in [1.29, 1.82) is 0 Å². The van der Waals surface area contributed by atoms with E-state index in [4.69, 9.17) is 4.98 Å². The Labute approximate surface area is 132 Å². The molecule has 0 spiro atoms. The molecule has 0 aliphatic rings. The first-order chi connectivity index (χ1) is 11.4. The predicted molar refractivity (Wildman–Crippen MR) is 93.9 cm³/mol. The molecule has 0 fully saturated rings. The fourth-order valence-electron chi connectivity index (χ4n) is 3.55. The van der Waals surface area contributed by atoms with Crippen molar-refractivity contribution in [3.05, 3.63) is 54.4 Å². The summed E-state index contributed by atoms with van der Waals surface area (Å²) in [4.78, 5) is 12.9. The molecule has 0 radical (unpaired) electrons. The third kappa shape index (κ3) is 1.66. The molecule has 4 heteroatoms. The lowest BCUT2D eigenvalue weighted by Gasteiger charge is -2.07. The maximum absolute atomic E-state index is 4.78. The number of benzene rings is 1. The van der Waals surface area contributed by atoms with Crippen LogP contribution in [0.15, 0.2) is 48.7 Å². The summed E-state index contributed by atoms with van der Waals surface area (Å²) in [6.45, 7) is 2.21. The number of aromatic nitrogens is 4. The van der Waals surface area contributed by atoms with E-state index >= 15 is 0 Å². The van der Waals surface area contributed by atoms with Crippen LogP contribution in [0.3, 0.4) is 0 Å². The van der Waals surface area contributed by atoms with Gasteiger partial charge in [-0.05, 0) is 30.7 Å². The van der Waals surface area contributed by atoms with E-state index in [1.807, 2.05) is 18.3 Å². The van der Waals surface area contributed by atoms with Crippen LogP contribution < -0.4 is 0 Å². The Morgan fingerprint density at radius 3 is 2.91 bits per heavy atom.